The molecule has 7 heteroatoms. The van der Waals surface area contributed by atoms with Crippen LogP contribution in [-0.2, 0) is 0 Å². The number of rotatable bonds is 4. The van der Waals surface area contributed by atoms with E-state index in [9.17, 15) is 10.1 Å². The molecule has 1 aromatic carbocycles. The molecule has 0 aliphatic rings. The Labute approximate surface area is 123 Å². The molecule has 0 saturated carbocycles. The first kappa shape index (κ1) is 14.4. The van der Waals surface area contributed by atoms with E-state index in [4.69, 9.17) is 10.5 Å². The molecular weight excluding hydrogens is 326 g/mol. The number of aromatic nitrogens is 1. The summed E-state index contributed by atoms with van der Waals surface area (Å²) in [5, 5.41) is 10.9. The molecule has 0 aliphatic heterocycles. The fourth-order valence-electron chi connectivity index (χ4n) is 1.60. The zero-order valence-electron chi connectivity index (χ0n) is 10.6. The van der Waals surface area contributed by atoms with Crippen LogP contribution in [0.4, 0.5) is 5.69 Å². The Morgan fingerprint density at radius 2 is 2.20 bits per heavy atom. The van der Waals surface area contributed by atoms with Crippen molar-refractivity contribution in [2.75, 3.05) is 0 Å². The van der Waals surface area contributed by atoms with Gasteiger partial charge in [-0.1, -0.05) is 6.07 Å². The van der Waals surface area contributed by atoms with Crippen molar-refractivity contribution < 1.29 is 9.66 Å². The zero-order valence-corrected chi connectivity index (χ0v) is 12.2. The molecule has 0 aliphatic carbocycles. The topological polar surface area (TPSA) is 91.3 Å². The average molecular weight is 338 g/mol. The molecule has 0 saturated heterocycles. The number of ether oxygens (including phenoxy) is 1. The molecule has 2 aromatic rings. The number of halogens is 1. The normalized spacial score (nSPS) is 11.9. The predicted molar refractivity (Wildman–Crippen MR) is 77.7 cm³/mol. The summed E-state index contributed by atoms with van der Waals surface area (Å²) in [5.41, 5.74) is 6.60. The fraction of sp³-hybridized carbons (Fsp3) is 0.154. The van der Waals surface area contributed by atoms with Crippen molar-refractivity contribution in [2.45, 2.75) is 13.0 Å². The third-order valence-electron chi connectivity index (χ3n) is 2.64. The minimum atomic E-state index is -0.483. The van der Waals surface area contributed by atoms with Gasteiger partial charge < -0.3 is 10.5 Å². The lowest BCUT2D eigenvalue weighted by Crippen LogP contribution is -2.05. The van der Waals surface area contributed by atoms with Gasteiger partial charge in [0, 0.05) is 24.4 Å². The van der Waals surface area contributed by atoms with Gasteiger partial charge in [-0.25, -0.2) is 4.98 Å². The number of nitro benzene ring substituents is 1. The number of nitrogens with two attached hydrogens (primary N) is 1. The lowest BCUT2D eigenvalue weighted by atomic mass is 10.1. The largest absolute Gasteiger partial charge is 0.438 e. The molecule has 1 aromatic heterocycles. The Balaban J connectivity index is 2.33. The molecular formula is C13H12BrN3O3. The smallest absolute Gasteiger partial charge is 0.287 e. The molecule has 1 heterocycles. The van der Waals surface area contributed by atoms with E-state index in [0.29, 0.717) is 11.6 Å². The van der Waals surface area contributed by atoms with E-state index in [1.165, 1.54) is 6.07 Å². The lowest BCUT2D eigenvalue weighted by molar-refractivity contribution is -0.385. The SMILES string of the molecule is C[C@H](N)c1ccnc(Oc2cccc([N+](=O)[O-])c2Br)c1. The summed E-state index contributed by atoms with van der Waals surface area (Å²) in [5.74, 6) is 0.662. The number of nitrogens with zero attached hydrogens (tertiary/aromatic N) is 2. The van der Waals surface area contributed by atoms with Gasteiger partial charge in [-0.05, 0) is 40.5 Å². The van der Waals surface area contributed by atoms with Crippen LogP contribution in [0.3, 0.4) is 0 Å². The Hall–Kier alpha value is -1.99. The van der Waals surface area contributed by atoms with Crippen LogP contribution < -0.4 is 10.5 Å². The van der Waals surface area contributed by atoms with E-state index in [0.717, 1.165) is 5.56 Å². The number of hydrogen-bond acceptors (Lipinski definition) is 5. The molecule has 0 bridgehead atoms. The van der Waals surface area contributed by atoms with Crippen LogP contribution in [-0.4, -0.2) is 9.91 Å². The van der Waals surface area contributed by atoms with Gasteiger partial charge in [0.15, 0.2) is 5.75 Å². The Kier molecular flexibility index (Phi) is 4.31. The van der Waals surface area contributed by atoms with Crippen LogP contribution in [0, 0.1) is 10.1 Å². The summed E-state index contributed by atoms with van der Waals surface area (Å²) in [7, 11) is 0. The van der Waals surface area contributed by atoms with Crippen LogP contribution in [0.5, 0.6) is 11.6 Å². The molecule has 0 spiro atoms. The van der Waals surface area contributed by atoms with E-state index < -0.39 is 4.92 Å². The second kappa shape index (κ2) is 5.98. The van der Waals surface area contributed by atoms with Gasteiger partial charge in [0.2, 0.25) is 5.88 Å². The maximum Gasteiger partial charge on any atom is 0.287 e. The van der Waals surface area contributed by atoms with Crippen molar-refractivity contribution in [1.29, 1.82) is 0 Å². The summed E-state index contributed by atoms with van der Waals surface area (Å²) in [6.07, 6.45) is 1.58. The summed E-state index contributed by atoms with van der Waals surface area (Å²) in [4.78, 5) is 14.4. The zero-order chi connectivity index (χ0) is 14.7. The molecule has 0 fully saturated rings. The maximum absolute atomic E-state index is 10.9. The summed E-state index contributed by atoms with van der Waals surface area (Å²) >= 11 is 3.17. The number of nitro groups is 1. The quantitative estimate of drug-likeness (QED) is 0.680. The van der Waals surface area contributed by atoms with Crippen molar-refractivity contribution >= 4 is 21.6 Å². The Bertz CT molecular complexity index is 647. The summed E-state index contributed by atoms with van der Waals surface area (Å²) < 4.78 is 5.85. The van der Waals surface area contributed by atoms with Crippen LogP contribution in [0.25, 0.3) is 0 Å². The molecule has 6 nitrogen and oxygen atoms in total. The second-order valence-corrected chi connectivity index (χ2v) is 4.96. The predicted octanol–water partition coefficient (Wildman–Crippen LogP) is 3.56. The molecule has 0 unspecified atom stereocenters. The third kappa shape index (κ3) is 3.12. The van der Waals surface area contributed by atoms with Crippen molar-refractivity contribution in [1.82, 2.24) is 4.98 Å². The van der Waals surface area contributed by atoms with Gasteiger partial charge in [-0.2, -0.15) is 0 Å². The van der Waals surface area contributed by atoms with E-state index >= 15 is 0 Å². The van der Waals surface area contributed by atoms with Gasteiger partial charge in [-0.3, -0.25) is 10.1 Å². The van der Waals surface area contributed by atoms with Gasteiger partial charge in [0.1, 0.15) is 4.47 Å². The number of pyridine rings is 1. The van der Waals surface area contributed by atoms with E-state index in [-0.39, 0.29) is 16.2 Å². The first-order valence-corrected chi connectivity index (χ1v) is 6.60. The van der Waals surface area contributed by atoms with Crippen molar-refractivity contribution in [3.8, 4) is 11.6 Å². The first-order valence-electron chi connectivity index (χ1n) is 5.81. The highest BCUT2D eigenvalue weighted by Crippen LogP contribution is 2.36. The Morgan fingerprint density at radius 1 is 1.45 bits per heavy atom. The highest BCUT2D eigenvalue weighted by atomic mass is 79.9. The van der Waals surface area contributed by atoms with Crippen molar-refractivity contribution in [3.05, 3.63) is 56.7 Å². The van der Waals surface area contributed by atoms with Gasteiger partial charge in [0.05, 0.1) is 4.92 Å². The Morgan fingerprint density at radius 3 is 2.85 bits per heavy atom. The third-order valence-corrected chi connectivity index (χ3v) is 3.44. The molecule has 0 radical (unpaired) electrons. The van der Waals surface area contributed by atoms with E-state index in [1.54, 1.807) is 30.5 Å². The molecule has 20 heavy (non-hydrogen) atoms. The first-order chi connectivity index (χ1) is 9.49. The van der Waals surface area contributed by atoms with E-state index in [2.05, 4.69) is 20.9 Å². The molecule has 0 amide bonds. The minimum absolute atomic E-state index is 0.0640. The molecule has 104 valence electrons. The minimum Gasteiger partial charge on any atom is -0.438 e. The van der Waals surface area contributed by atoms with Crippen LogP contribution in [0.2, 0.25) is 0 Å². The monoisotopic (exact) mass is 337 g/mol. The highest BCUT2D eigenvalue weighted by molar-refractivity contribution is 9.10. The second-order valence-electron chi connectivity index (χ2n) is 4.16. The molecule has 2 N–H and O–H groups in total. The highest BCUT2D eigenvalue weighted by Gasteiger charge is 2.16. The lowest BCUT2D eigenvalue weighted by Gasteiger charge is -2.09. The standard InChI is InChI=1S/C13H12BrN3O3/c1-8(15)9-5-6-16-12(7-9)20-11-4-2-3-10(13(11)14)17(18)19/h2-8H,15H2,1H3/t8-/m0/s1. The van der Waals surface area contributed by atoms with E-state index in [1.807, 2.05) is 6.92 Å². The van der Waals surface area contributed by atoms with Gasteiger partial charge >= 0.3 is 0 Å². The van der Waals surface area contributed by atoms with Gasteiger partial charge in [0.25, 0.3) is 5.69 Å². The van der Waals surface area contributed by atoms with Crippen molar-refractivity contribution in [2.24, 2.45) is 5.73 Å². The molecule has 2 rings (SSSR count). The average Bonchev–Trinajstić information content (AvgIpc) is 2.41. The van der Waals surface area contributed by atoms with Crippen LogP contribution in [0.1, 0.15) is 18.5 Å². The molecule has 1 atom stereocenters. The number of benzene rings is 1. The van der Waals surface area contributed by atoms with Gasteiger partial charge in [-0.15, -0.1) is 0 Å². The fourth-order valence-corrected chi connectivity index (χ4v) is 2.09. The summed E-state index contributed by atoms with van der Waals surface area (Å²) in [6, 6.07) is 7.91. The number of hydrogen-bond donors (Lipinski definition) is 1. The maximum atomic E-state index is 10.9. The summed E-state index contributed by atoms with van der Waals surface area (Å²) in [6.45, 7) is 1.85. The van der Waals surface area contributed by atoms with Crippen LogP contribution >= 0.6 is 15.9 Å². The van der Waals surface area contributed by atoms with Crippen molar-refractivity contribution in [3.63, 3.8) is 0 Å². The van der Waals surface area contributed by atoms with Crippen LogP contribution in [0.15, 0.2) is 41.0 Å².